The summed E-state index contributed by atoms with van der Waals surface area (Å²) in [5.74, 6) is 0.556. The molecule has 0 aliphatic heterocycles. The van der Waals surface area contributed by atoms with E-state index in [2.05, 4.69) is 13.8 Å². The van der Waals surface area contributed by atoms with Gasteiger partial charge in [-0.2, -0.15) is 5.26 Å². The average molecular weight is 351 g/mol. The number of carboxylic acids is 1. The standard InChI is InChI=1S/C21H21NO4/c1-15(2)19-8-3-4-9-20(19)26-11-10-25-18-7-5-6-16(13-18)12-17(14-22)21(23)24/h3-9,12-13,15H,10-11H2,1-2H3,(H,23,24). The number of rotatable bonds is 8. The number of benzene rings is 2. The summed E-state index contributed by atoms with van der Waals surface area (Å²) in [6.45, 7) is 4.97. The molecule has 0 fully saturated rings. The van der Waals surface area contributed by atoms with Gasteiger partial charge in [0.2, 0.25) is 0 Å². The van der Waals surface area contributed by atoms with Gasteiger partial charge in [0, 0.05) is 0 Å². The molecule has 0 aliphatic carbocycles. The molecule has 0 unspecified atom stereocenters. The number of ether oxygens (including phenoxy) is 2. The van der Waals surface area contributed by atoms with Crippen molar-refractivity contribution in [2.24, 2.45) is 0 Å². The van der Waals surface area contributed by atoms with Crippen molar-refractivity contribution in [1.82, 2.24) is 0 Å². The van der Waals surface area contributed by atoms with E-state index in [-0.39, 0.29) is 5.57 Å². The van der Waals surface area contributed by atoms with Crippen LogP contribution in [0.1, 0.15) is 30.9 Å². The molecular weight excluding hydrogens is 330 g/mol. The number of hydrogen-bond donors (Lipinski definition) is 1. The maximum atomic E-state index is 10.9. The van der Waals surface area contributed by atoms with Crippen LogP contribution in [0.3, 0.4) is 0 Å². The minimum Gasteiger partial charge on any atom is -0.490 e. The first-order chi connectivity index (χ1) is 12.5. The Bertz CT molecular complexity index is 834. The van der Waals surface area contributed by atoms with E-state index in [4.69, 9.17) is 19.8 Å². The third-order valence-corrected chi connectivity index (χ3v) is 3.67. The van der Waals surface area contributed by atoms with Crippen molar-refractivity contribution >= 4 is 12.0 Å². The molecule has 26 heavy (non-hydrogen) atoms. The Labute approximate surface area is 153 Å². The van der Waals surface area contributed by atoms with E-state index in [1.807, 2.05) is 24.3 Å². The molecule has 0 atom stereocenters. The smallest absolute Gasteiger partial charge is 0.346 e. The van der Waals surface area contributed by atoms with Crippen LogP contribution in [0.15, 0.2) is 54.1 Å². The Morgan fingerprint density at radius 1 is 1.15 bits per heavy atom. The third-order valence-electron chi connectivity index (χ3n) is 3.67. The summed E-state index contributed by atoms with van der Waals surface area (Å²) >= 11 is 0. The van der Waals surface area contributed by atoms with Gasteiger partial charge in [0.1, 0.15) is 36.4 Å². The van der Waals surface area contributed by atoms with Gasteiger partial charge >= 0.3 is 5.97 Å². The minimum atomic E-state index is -1.25. The SMILES string of the molecule is CC(C)c1ccccc1OCCOc1cccc(C=C(C#N)C(=O)O)c1. The molecule has 0 spiro atoms. The summed E-state index contributed by atoms with van der Waals surface area (Å²) in [5.41, 5.74) is 1.42. The van der Waals surface area contributed by atoms with Crippen molar-refractivity contribution in [3.05, 3.63) is 65.2 Å². The highest BCUT2D eigenvalue weighted by Crippen LogP contribution is 2.25. The lowest BCUT2D eigenvalue weighted by Crippen LogP contribution is -2.10. The molecule has 0 bridgehead atoms. The number of carbonyl (C=O) groups is 1. The summed E-state index contributed by atoms with van der Waals surface area (Å²) < 4.78 is 11.5. The Morgan fingerprint density at radius 2 is 1.88 bits per heavy atom. The number of aliphatic carboxylic acids is 1. The first kappa shape index (κ1) is 19.1. The molecule has 2 aromatic carbocycles. The Kier molecular flexibility index (Phi) is 6.81. The van der Waals surface area contributed by atoms with Gasteiger partial charge < -0.3 is 14.6 Å². The second kappa shape index (κ2) is 9.28. The van der Waals surface area contributed by atoms with Gasteiger partial charge in [0.05, 0.1) is 0 Å². The van der Waals surface area contributed by atoms with Gasteiger partial charge in [0.25, 0.3) is 0 Å². The fraction of sp³-hybridized carbons (Fsp3) is 0.238. The second-order valence-electron chi connectivity index (χ2n) is 5.94. The van der Waals surface area contributed by atoms with Crippen LogP contribution in [0.5, 0.6) is 11.5 Å². The van der Waals surface area contributed by atoms with Crippen LogP contribution in [0.25, 0.3) is 6.08 Å². The van der Waals surface area contributed by atoms with Crippen molar-refractivity contribution in [2.75, 3.05) is 13.2 Å². The maximum Gasteiger partial charge on any atom is 0.346 e. The molecule has 0 saturated heterocycles. The van der Waals surface area contributed by atoms with Crippen LogP contribution in [0.4, 0.5) is 0 Å². The number of carboxylic acid groups (broad SMARTS) is 1. The Morgan fingerprint density at radius 3 is 2.58 bits per heavy atom. The summed E-state index contributed by atoms with van der Waals surface area (Å²) in [6.07, 6.45) is 1.31. The molecule has 5 nitrogen and oxygen atoms in total. The zero-order chi connectivity index (χ0) is 18.9. The lowest BCUT2D eigenvalue weighted by molar-refractivity contribution is -0.132. The molecule has 0 heterocycles. The zero-order valence-electron chi connectivity index (χ0n) is 14.8. The molecule has 2 rings (SSSR count). The largest absolute Gasteiger partial charge is 0.490 e. The van der Waals surface area contributed by atoms with E-state index in [1.54, 1.807) is 30.3 Å². The normalized spacial score (nSPS) is 11.1. The number of nitriles is 1. The second-order valence-corrected chi connectivity index (χ2v) is 5.94. The molecular formula is C21H21NO4. The minimum absolute atomic E-state index is 0.323. The fourth-order valence-electron chi connectivity index (χ4n) is 2.40. The van der Waals surface area contributed by atoms with Crippen molar-refractivity contribution in [3.8, 4) is 17.6 Å². The number of nitrogens with zero attached hydrogens (tertiary/aromatic N) is 1. The Balaban J connectivity index is 1.94. The lowest BCUT2D eigenvalue weighted by Gasteiger charge is -2.14. The molecule has 0 radical (unpaired) electrons. The Hall–Kier alpha value is -3.26. The quantitative estimate of drug-likeness (QED) is 0.437. The molecule has 134 valence electrons. The van der Waals surface area contributed by atoms with Gasteiger partial charge in [-0.25, -0.2) is 4.79 Å². The van der Waals surface area contributed by atoms with Gasteiger partial charge in [-0.15, -0.1) is 0 Å². The topological polar surface area (TPSA) is 79.5 Å². The van der Waals surface area contributed by atoms with E-state index in [0.29, 0.717) is 30.4 Å². The number of hydrogen-bond acceptors (Lipinski definition) is 4. The highest BCUT2D eigenvalue weighted by atomic mass is 16.5. The van der Waals surface area contributed by atoms with Gasteiger partial charge in [-0.1, -0.05) is 44.2 Å². The first-order valence-corrected chi connectivity index (χ1v) is 8.31. The van der Waals surface area contributed by atoms with Crippen molar-refractivity contribution < 1.29 is 19.4 Å². The van der Waals surface area contributed by atoms with Crippen LogP contribution >= 0.6 is 0 Å². The van der Waals surface area contributed by atoms with Crippen LogP contribution < -0.4 is 9.47 Å². The molecule has 0 aliphatic rings. The summed E-state index contributed by atoms with van der Waals surface area (Å²) in [4.78, 5) is 10.9. The van der Waals surface area contributed by atoms with Gasteiger partial charge in [-0.05, 0) is 41.3 Å². The highest BCUT2D eigenvalue weighted by Gasteiger charge is 2.07. The summed E-state index contributed by atoms with van der Waals surface area (Å²) in [6, 6.07) is 16.5. The van der Waals surface area contributed by atoms with Crippen LogP contribution in [-0.2, 0) is 4.79 Å². The molecule has 5 heteroatoms. The predicted molar refractivity (Wildman–Crippen MR) is 99.2 cm³/mol. The van der Waals surface area contributed by atoms with E-state index in [9.17, 15) is 4.79 Å². The van der Waals surface area contributed by atoms with Gasteiger partial charge in [0.15, 0.2) is 0 Å². The van der Waals surface area contributed by atoms with Gasteiger partial charge in [-0.3, -0.25) is 0 Å². The van der Waals surface area contributed by atoms with Crippen LogP contribution in [0.2, 0.25) is 0 Å². The highest BCUT2D eigenvalue weighted by molar-refractivity contribution is 5.96. The average Bonchev–Trinajstić information content (AvgIpc) is 2.63. The first-order valence-electron chi connectivity index (χ1n) is 8.31. The van der Waals surface area contributed by atoms with Crippen molar-refractivity contribution in [3.63, 3.8) is 0 Å². The van der Waals surface area contributed by atoms with Crippen LogP contribution in [0, 0.1) is 11.3 Å². The van der Waals surface area contributed by atoms with Crippen molar-refractivity contribution in [1.29, 1.82) is 5.26 Å². The van der Waals surface area contributed by atoms with Crippen LogP contribution in [-0.4, -0.2) is 24.3 Å². The maximum absolute atomic E-state index is 10.9. The molecule has 0 amide bonds. The molecule has 1 N–H and O–H groups in total. The van der Waals surface area contributed by atoms with E-state index in [0.717, 1.165) is 11.3 Å². The third kappa shape index (κ3) is 5.38. The van der Waals surface area contributed by atoms with E-state index in [1.165, 1.54) is 6.08 Å². The number of para-hydroxylation sites is 1. The molecule has 2 aromatic rings. The van der Waals surface area contributed by atoms with Crippen molar-refractivity contribution in [2.45, 2.75) is 19.8 Å². The van der Waals surface area contributed by atoms with E-state index < -0.39 is 5.97 Å². The summed E-state index contributed by atoms with van der Waals surface area (Å²) in [7, 11) is 0. The monoisotopic (exact) mass is 351 g/mol. The lowest BCUT2D eigenvalue weighted by atomic mass is 10.0. The predicted octanol–water partition coefficient (Wildman–Crippen LogP) is 4.26. The molecule has 0 saturated carbocycles. The molecule has 0 aromatic heterocycles. The van der Waals surface area contributed by atoms with E-state index >= 15 is 0 Å². The summed E-state index contributed by atoms with van der Waals surface area (Å²) in [5, 5.41) is 17.7. The fourth-order valence-corrected chi connectivity index (χ4v) is 2.40. The zero-order valence-corrected chi connectivity index (χ0v) is 14.8.